The van der Waals surface area contributed by atoms with Crippen LogP contribution in [-0.4, -0.2) is 37.2 Å². The number of fused-ring (bicyclic) bond motifs is 3. The Morgan fingerprint density at radius 1 is 1.00 bits per heavy atom. The molecule has 0 unspecified atom stereocenters. The molecule has 0 atom stereocenters. The van der Waals surface area contributed by atoms with Gasteiger partial charge in [0.15, 0.2) is 16.4 Å². The van der Waals surface area contributed by atoms with Crippen molar-refractivity contribution in [3.63, 3.8) is 0 Å². The Balaban J connectivity index is 0.000000605. The fourth-order valence-corrected chi connectivity index (χ4v) is 4.96. The molecule has 0 fully saturated rings. The molecule has 1 aliphatic carbocycles. The van der Waals surface area contributed by atoms with Crippen LogP contribution in [0.3, 0.4) is 0 Å². The average Bonchev–Trinajstić information content (AvgIpc) is 3.11. The second-order valence-corrected chi connectivity index (χ2v) is 9.16. The summed E-state index contributed by atoms with van der Waals surface area (Å²) in [6, 6.07) is 8.43. The van der Waals surface area contributed by atoms with Crippen molar-refractivity contribution in [1.82, 2.24) is 14.6 Å². The van der Waals surface area contributed by atoms with Crippen molar-refractivity contribution in [2.24, 2.45) is 0 Å². The normalized spacial score (nSPS) is 12.6. The number of nitrogens with zero attached hydrogens (tertiary/aromatic N) is 3. The van der Waals surface area contributed by atoms with Crippen molar-refractivity contribution in [3.05, 3.63) is 47.8 Å². The number of aryl methyl sites for hydroxylation is 2. The summed E-state index contributed by atoms with van der Waals surface area (Å²) in [6.45, 7) is 8.36. The first kappa shape index (κ1) is 28.6. The van der Waals surface area contributed by atoms with Gasteiger partial charge in [0.2, 0.25) is 9.84 Å². The van der Waals surface area contributed by atoms with Gasteiger partial charge in [-0.15, -0.1) is 5.10 Å². The third-order valence-corrected chi connectivity index (χ3v) is 7.01. The zero-order valence-electron chi connectivity index (χ0n) is 20.9. The fraction of sp³-hybridized carbons (Fsp3) is 0.520. The number of benzene rings is 1. The molecule has 8 heteroatoms. The Morgan fingerprint density at radius 2 is 1.61 bits per heavy atom. The van der Waals surface area contributed by atoms with Crippen molar-refractivity contribution in [2.75, 3.05) is 19.5 Å². The molecule has 184 valence electrons. The first-order valence-corrected chi connectivity index (χ1v) is 13.3. The van der Waals surface area contributed by atoms with Crippen LogP contribution in [0.25, 0.3) is 5.65 Å². The number of hydrogen-bond donors (Lipinski definition) is 1. The minimum atomic E-state index is -3.71. The Bertz CT molecular complexity index is 1060. The average molecular weight is 479 g/mol. The van der Waals surface area contributed by atoms with Crippen LogP contribution in [0.4, 0.5) is 10.2 Å². The third-order valence-electron chi connectivity index (χ3n) is 5.21. The Kier molecular flexibility index (Phi) is 12.7. The first-order chi connectivity index (χ1) is 16.0. The smallest absolute Gasteiger partial charge is 0.214 e. The predicted octanol–water partition coefficient (Wildman–Crippen LogP) is 6.29. The number of anilines is 1. The lowest BCUT2D eigenvalue weighted by Crippen LogP contribution is -2.07. The Hall–Kier alpha value is -2.48. The van der Waals surface area contributed by atoms with Crippen molar-refractivity contribution in [1.29, 1.82) is 0 Å². The van der Waals surface area contributed by atoms with Crippen molar-refractivity contribution in [3.8, 4) is 0 Å². The molecule has 33 heavy (non-hydrogen) atoms. The van der Waals surface area contributed by atoms with E-state index in [0.29, 0.717) is 18.6 Å². The predicted molar refractivity (Wildman–Crippen MR) is 135 cm³/mol. The van der Waals surface area contributed by atoms with E-state index in [1.165, 1.54) is 24.8 Å². The van der Waals surface area contributed by atoms with Crippen LogP contribution in [0.1, 0.15) is 71.1 Å². The number of nitrogens with one attached hydrogen (secondary N) is 1. The molecule has 2 heterocycles. The van der Waals surface area contributed by atoms with Gasteiger partial charge >= 0.3 is 0 Å². The summed E-state index contributed by atoms with van der Waals surface area (Å²) in [7, 11) is -1.52. The van der Waals surface area contributed by atoms with E-state index in [2.05, 4.69) is 29.2 Å². The molecule has 0 amide bonds. The molecule has 1 aliphatic rings. The molecule has 4 rings (SSSR count). The number of aromatic nitrogens is 3. The maximum Gasteiger partial charge on any atom is 0.214 e. The second kappa shape index (κ2) is 14.6. The van der Waals surface area contributed by atoms with Gasteiger partial charge in [-0.1, -0.05) is 65.2 Å². The van der Waals surface area contributed by atoms with Crippen LogP contribution in [-0.2, 0) is 22.7 Å². The van der Waals surface area contributed by atoms with E-state index in [4.69, 9.17) is 0 Å². The Morgan fingerprint density at radius 3 is 2.18 bits per heavy atom. The largest absolute Gasteiger partial charge is 0.370 e. The number of halogens is 1. The molecule has 6 nitrogen and oxygen atoms in total. The Labute approximate surface area is 198 Å². The van der Waals surface area contributed by atoms with Crippen LogP contribution >= 0.6 is 0 Å². The zero-order valence-corrected chi connectivity index (χ0v) is 21.7. The van der Waals surface area contributed by atoms with Gasteiger partial charge in [0.25, 0.3) is 0 Å². The summed E-state index contributed by atoms with van der Waals surface area (Å²) in [5.41, 5.74) is 2.64. The van der Waals surface area contributed by atoms with E-state index >= 15 is 0 Å². The maximum atomic E-state index is 13.2. The van der Waals surface area contributed by atoms with Gasteiger partial charge in [0, 0.05) is 18.9 Å². The van der Waals surface area contributed by atoms with Crippen LogP contribution in [0, 0.1) is 0 Å². The number of sulfone groups is 1. The van der Waals surface area contributed by atoms with E-state index in [1.807, 2.05) is 20.0 Å². The zero-order chi connectivity index (χ0) is 24.9. The van der Waals surface area contributed by atoms with Gasteiger partial charge in [-0.3, -0.25) is 4.39 Å². The van der Waals surface area contributed by atoms with Gasteiger partial charge in [-0.05, 0) is 43.4 Å². The lowest BCUT2D eigenvalue weighted by Gasteiger charge is -2.08. The van der Waals surface area contributed by atoms with Crippen LogP contribution in [0.2, 0.25) is 0 Å². The molecule has 0 saturated heterocycles. The minimum absolute atomic E-state index is 0.147. The van der Waals surface area contributed by atoms with Crippen LogP contribution in [0.5, 0.6) is 0 Å². The van der Waals surface area contributed by atoms with Crippen molar-refractivity contribution in [2.45, 2.75) is 82.4 Å². The first-order valence-electron chi connectivity index (χ1n) is 11.8. The van der Waals surface area contributed by atoms with Gasteiger partial charge in [0.05, 0.1) is 12.1 Å². The molecule has 0 saturated carbocycles. The van der Waals surface area contributed by atoms with Crippen LogP contribution in [0.15, 0.2) is 46.3 Å². The van der Waals surface area contributed by atoms with E-state index in [0.717, 1.165) is 31.4 Å². The highest BCUT2D eigenvalue weighted by atomic mass is 32.2. The molecule has 1 aromatic carbocycles. The molecule has 0 spiro atoms. The highest BCUT2D eigenvalue weighted by Gasteiger charge is 2.29. The highest BCUT2D eigenvalue weighted by molar-refractivity contribution is 7.91. The monoisotopic (exact) mass is 478 g/mol. The van der Waals surface area contributed by atoms with Gasteiger partial charge in [0.1, 0.15) is 0 Å². The molecule has 2 aromatic heterocycles. The molecule has 3 aromatic rings. The summed E-state index contributed by atoms with van der Waals surface area (Å²) >= 11 is 0. The number of hydrogen-bond acceptors (Lipinski definition) is 5. The third kappa shape index (κ3) is 6.76. The van der Waals surface area contributed by atoms with Crippen molar-refractivity contribution < 1.29 is 12.8 Å². The summed E-state index contributed by atoms with van der Waals surface area (Å²) < 4.78 is 37.6. The fourth-order valence-electron chi connectivity index (χ4n) is 3.43. The summed E-state index contributed by atoms with van der Waals surface area (Å²) in [6.07, 6.45) is 9.71. The van der Waals surface area contributed by atoms with E-state index < -0.39 is 9.84 Å². The van der Waals surface area contributed by atoms with Crippen LogP contribution < -0.4 is 5.32 Å². The van der Waals surface area contributed by atoms with Crippen molar-refractivity contribution >= 4 is 21.3 Å². The SMILES string of the molecule is CC.CCCC.CF.CNc1nn2c3c(cnc2c1S(=O)(=O)c1ccccc1)CCCCC3. The number of rotatable bonds is 4. The highest BCUT2D eigenvalue weighted by Crippen LogP contribution is 2.32. The number of alkyl halides is 1. The quantitative estimate of drug-likeness (QED) is 0.446. The second-order valence-electron chi connectivity index (χ2n) is 7.27. The molecule has 0 bridgehead atoms. The topological polar surface area (TPSA) is 76.4 Å². The summed E-state index contributed by atoms with van der Waals surface area (Å²) in [5.74, 6) is 0.342. The molecule has 0 radical (unpaired) electrons. The van der Waals surface area contributed by atoms with E-state index in [1.54, 1.807) is 41.9 Å². The standard InChI is InChI=1S/C18H20N4O2S.C4H10.C2H6.CH3F/c1-19-17-16(25(23,24)14-9-5-3-6-10-14)18-20-12-13-8-4-2-7-11-15(13)22(18)21-17;1-3-4-2;2*1-2/h3,5-6,9-10,12H,2,4,7-8,11H2,1H3,(H,19,21);3-4H2,1-2H3;1-2H3;1H3. The summed E-state index contributed by atoms with van der Waals surface area (Å²) in [4.78, 5) is 4.87. The molecule has 0 aliphatic heterocycles. The van der Waals surface area contributed by atoms with E-state index in [-0.39, 0.29) is 9.79 Å². The lowest BCUT2D eigenvalue weighted by molar-refractivity contribution is 0.597. The van der Waals surface area contributed by atoms with Gasteiger partial charge in [-0.2, -0.15) is 0 Å². The summed E-state index contributed by atoms with van der Waals surface area (Å²) in [5, 5.41) is 7.47. The maximum absolute atomic E-state index is 13.2. The lowest BCUT2D eigenvalue weighted by atomic mass is 10.1. The van der Waals surface area contributed by atoms with E-state index in [9.17, 15) is 12.8 Å². The molecule has 1 N–H and O–H groups in total. The number of unbranched alkanes of at least 4 members (excludes halogenated alkanes) is 1. The van der Waals surface area contributed by atoms with Gasteiger partial charge < -0.3 is 5.32 Å². The molecular formula is C25H39FN4O2S. The van der Waals surface area contributed by atoms with Gasteiger partial charge in [-0.25, -0.2) is 17.9 Å². The molecular weight excluding hydrogens is 439 g/mol. The minimum Gasteiger partial charge on any atom is -0.370 e.